The van der Waals surface area contributed by atoms with Gasteiger partial charge in [0.25, 0.3) is 11.8 Å². The van der Waals surface area contributed by atoms with E-state index in [-0.39, 0.29) is 24.3 Å². The molecule has 0 spiro atoms. The van der Waals surface area contributed by atoms with Crippen molar-refractivity contribution in [2.75, 3.05) is 13.6 Å². The summed E-state index contributed by atoms with van der Waals surface area (Å²) in [6.07, 6.45) is 0.745. The first-order valence-corrected chi connectivity index (χ1v) is 7.22. The summed E-state index contributed by atoms with van der Waals surface area (Å²) in [6, 6.07) is 10.9. The molecule has 0 saturated carbocycles. The predicted octanol–water partition coefficient (Wildman–Crippen LogP) is 1.96. The Kier molecular flexibility index (Phi) is 3.63. The van der Waals surface area contributed by atoms with Crippen LogP contribution in [0.5, 0.6) is 0 Å². The molecule has 1 N–H and O–H groups in total. The summed E-state index contributed by atoms with van der Waals surface area (Å²) < 4.78 is 0. The van der Waals surface area contributed by atoms with E-state index in [9.17, 15) is 14.4 Å². The molecule has 112 valence electrons. The lowest BCUT2D eigenvalue weighted by molar-refractivity contribution is -0.120. The van der Waals surface area contributed by atoms with Gasteiger partial charge in [-0.2, -0.15) is 0 Å². The quantitative estimate of drug-likeness (QED) is 0.877. The third kappa shape index (κ3) is 2.24. The van der Waals surface area contributed by atoms with E-state index in [0.717, 1.165) is 10.8 Å². The molecule has 3 amide bonds. The molecule has 0 fully saturated rings. The molecule has 0 radical (unpaired) electrons. The van der Waals surface area contributed by atoms with Crippen molar-refractivity contribution in [3.8, 4) is 0 Å². The van der Waals surface area contributed by atoms with Gasteiger partial charge >= 0.3 is 0 Å². The summed E-state index contributed by atoms with van der Waals surface area (Å²) in [5.41, 5.74) is 1.10. The first-order chi connectivity index (χ1) is 10.6. The Balaban J connectivity index is 1.92. The van der Waals surface area contributed by atoms with Crippen molar-refractivity contribution < 1.29 is 14.4 Å². The molecule has 2 aromatic carbocycles. The molecule has 1 heterocycles. The van der Waals surface area contributed by atoms with Gasteiger partial charge in [-0.05, 0) is 23.9 Å². The Morgan fingerprint density at radius 2 is 1.64 bits per heavy atom. The fraction of sp³-hybridized carbons (Fsp3) is 0.235. The monoisotopic (exact) mass is 296 g/mol. The van der Waals surface area contributed by atoms with Crippen molar-refractivity contribution in [2.45, 2.75) is 12.8 Å². The molecular weight excluding hydrogens is 280 g/mol. The van der Waals surface area contributed by atoms with Crippen molar-refractivity contribution in [2.24, 2.45) is 0 Å². The van der Waals surface area contributed by atoms with Gasteiger partial charge in [-0.15, -0.1) is 0 Å². The first kappa shape index (κ1) is 14.3. The van der Waals surface area contributed by atoms with Gasteiger partial charge in [0.15, 0.2) is 0 Å². The lowest BCUT2D eigenvalue weighted by atomic mass is 9.94. The number of hydrogen-bond donors (Lipinski definition) is 1. The molecule has 5 heteroatoms. The normalized spacial score (nSPS) is 13.6. The number of rotatable bonds is 4. The second-order valence-corrected chi connectivity index (χ2v) is 5.25. The van der Waals surface area contributed by atoms with Crippen LogP contribution in [0.3, 0.4) is 0 Å². The van der Waals surface area contributed by atoms with E-state index in [1.807, 2.05) is 24.3 Å². The number of imide groups is 1. The average Bonchev–Trinajstić information content (AvgIpc) is 2.55. The zero-order valence-corrected chi connectivity index (χ0v) is 12.3. The minimum atomic E-state index is -0.286. The maximum Gasteiger partial charge on any atom is 0.261 e. The minimum absolute atomic E-state index is 0.0978. The molecule has 2 aromatic rings. The van der Waals surface area contributed by atoms with E-state index in [1.165, 1.54) is 4.90 Å². The van der Waals surface area contributed by atoms with E-state index < -0.39 is 0 Å². The highest BCUT2D eigenvalue weighted by molar-refractivity contribution is 6.25. The molecule has 0 aliphatic carbocycles. The third-order valence-corrected chi connectivity index (χ3v) is 3.92. The van der Waals surface area contributed by atoms with Gasteiger partial charge in [-0.1, -0.05) is 24.3 Å². The number of carbonyl (C=O) groups is 3. The van der Waals surface area contributed by atoms with Gasteiger partial charge in [0, 0.05) is 36.5 Å². The van der Waals surface area contributed by atoms with E-state index in [1.54, 1.807) is 19.2 Å². The van der Waals surface area contributed by atoms with Gasteiger partial charge in [-0.3, -0.25) is 19.3 Å². The van der Waals surface area contributed by atoms with Crippen molar-refractivity contribution in [3.63, 3.8) is 0 Å². The van der Waals surface area contributed by atoms with Crippen LogP contribution in [0.1, 0.15) is 33.6 Å². The van der Waals surface area contributed by atoms with Crippen LogP contribution in [0.4, 0.5) is 0 Å². The van der Waals surface area contributed by atoms with E-state index >= 15 is 0 Å². The molecule has 1 aliphatic rings. The molecule has 0 atom stereocenters. The molecular formula is C17H16N2O3. The average molecular weight is 296 g/mol. The Hall–Kier alpha value is -2.69. The highest BCUT2D eigenvalue weighted by Crippen LogP contribution is 2.29. The Morgan fingerprint density at radius 3 is 2.18 bits per heavy atom. The van der Waals surface area contributed by atoms with Crippen molar-refractivity contribution in [1.82, 2.24) is 10.2 Å². The summed E-state index contributed by atoms with van der Waals surface area (Å²) in [4.78, 5) is 37.6. The van der Waals surface area contributed by atoms with Crippen LogP contribution in [0.15, 0.2) is 36.4 Å². The number of nitrogens with one attached hydrogen (secondary N) is 1. The highest BCUT2D eigenvalue weighted by atomic mass is 16.2. The highest BCUT2D eigenvalue weighted by Gasteiger charge is 2.32. The summed E-state index contributed by atoms with van der Waals surface area (Å²) >= 11 is 0. The predicted molar refractivity (Wildman–Crippen MR) is 82.6 cm³/mol. The molecule has 3 rings (SSSR count). The largest absolute Gasteiger partial charge is 0.359 e. The second kappa shape index (κ2) is 5.60. The molecule has 0 bridgehead atoms. The fourth-order valence-corrected chi connectivity index (χ4v) is 2.81. The van der Waals surface area contributed by atoms with Crippen molar-refractivity contribution in [1.29, 1.82) is 0 Å². The zero-order chi connectivity index (χ0) is 15.7. The molecule has 0 unspecified atom stereocenters. The van der Waals surface area contributed by atoms with Crippen LogP contribution in [-0.2, 0) is 4.79 Å². The number of carbonyl (C=O) groups excluding carboxylic acids is 3. The number of nitrogens with zero attached hydrogens (tertiary/aromatic N) is 1. The van der Waals surface area contributed by atoms with Crippen LogP contribution in [0.25, 0.3) is 10.8 Å². The zero-order valence-electron chi connectivity index (χ0n) is 12.3. The van der Waals surface area contributed by atoms with Gasteiger partial charge in [0.1, 0.15) is 0 Å². The first-order valence-electron chi connectivity index (χ1n) is 7.22. The topological polar surface area (TPSA) is 66.5 Å². The Morgan fingerprint density at radius 1 is 1.05 bits per heavy atom. The second-order valence-electron chi connectivity index (χ2n) is 5.25. The standard InChI is InChI=1S/C17H16N2O3/c1-18-14(20)9-4-10-19-16(21)12-7-2-5-11-6-3-8-13(15(11)12)17(19)22/h2-3,5-8H,4,9-10H2,1H3,(H,18,20). The van der Waals surface area contributed by atoms with Crippen molar-refractivity contribution >= 4 is 28.5 Å². The summed E-state index contributed by atoms with van der Waals surface area (Å²) in [5, 5.41) is 4.14. The van der Waals surface area contributed by atoms with Crippen LogP contribution in [0.2, 0.25) is 0 Å². The summed E-state index contributed by atoms with van der Waals surface area (Å²) in [7, 11) is 1.57. The smallest absolute Gasteiger partial charge is 0.261 e. The van der Waals surface area contributed by atoms with Crippen LogP contribution < -0.4 is 5.32 Å². The van der Waals surface area contributed by atoms with Gasteiger partial charge in [0.2, 0.25) is 5.91 Å². The lowest BCUT2D eigenvalue weighted by Crippen LogP contribution is -2.41. The number of hydrogen-bond acceptors (Lipinski definition) is 3. The minimum Gasteiger partial charge on any atom is -0.359 e. The van der Waals surface area contributed by atoms with Crippen molar-refractivity contribution in [3.05, 3.63) is 47.5 Å². The summed E-state index contributed by atoms with van der Waals surface area (Å²) in [6.45, 7) is 0.246. The molecule has 5 nitrogen and oxygen atoms in total. The molecule has 0 aromatic heterocycles. The van der Waals surface area contributed by atoms with Gasteiger partial charge < -0.3 is 5.32 Å². The van der Waals surface area contributed by atoms with E-state index in [4.69, 9.17) is 0 Å². The molecule has 0 saturated heterocycles. The number of amides is 3. The third-order valence-electron chi connectivity index (χ3n) is 3.92. The van der Waals surface area contributed by atoms with E-state index in [2.05, 4.69) is 5.32 Å². The fourth-order valence-electron chi connectivity index (χ4n) is 2.81. The Labute approximate surface area is 127 Å². The lowest BCUT2D eigenvalue weighted by Gasteiger charge is -2.27. The maximum absolute atomic E-state index is 12.6. The van der Waals surface area contributed by atoms with Gasteiger partial charge in [0.05, 0.1) is 0 Å². The number of benzene rings is 2. The summed E-state index contributed by atoms with van der Waals surface area (Å²) in [5.74, 6) is -0.670. The van der Waals surface area contributed by atoms with Crippen LogP contribution in [-0.4, -0.2) is 36.2 Å². The maximum atomic E-state index is 12.6. The van der Waals surface area contributed by atoms with Crippen LogP contribution >= 0.6 is 0 Å². The molecule has 1 aliphatic heterocycles. The van der Waals surface area contributed by atoms with Gasteiger partial charge in [-0.25, -0.2) is 0 Å². The Bertz CT molecular complexity index is 732. The molecule has 22 heavy (non-hydrogen) atoms. The van der Waals surface area contributed by atoms with Crippen LogP contribution in [0, 0.1) is 0 Å². The SMILES string of the molecule is CNC(=O)CCCN1C(=O)c2cccc3cccc(c23)C1=O. The van der Waals surface area contributed by atoms with E-state index in [0.29, 0.717) is 24.0 Å².